The van der Waals surface area contributed by atoms with Gasteiger partial charge in [-0.2, -0.15) is 0 Å². The highest BCUT2D eigenvalue weighted by Crippen LogP contribution is 2.35. The molecule has 4 aromatic carbocycles. The number of carbonyl (C=O) groups is 1. The Kier molecular flexibility index (Phi) is 9.55. The third kappa shape index (κ3) is 6.73. The molecule has 0 aliphatic carbocycles. The number of ether oxygens (including phenoxy) is 1. The van der Waals surface area contributed by atoms with Gasteiger partial charge < -0.3 is 9.30 Å². The predicted octanol–water partition coefficient (Wildman–Crippen LogP) is 7.11. The number of benzene rings is 4. The van der Waals surface area contributed by atoms with Crippen LogP contribution in [0.5, 0.6) is 0 Å². The van der Waals surface area contributed by atoms with Crippen LogP contribution in [0.3, 0.4) is 0 Å². The van der Waals surface area contributed by atoms with E-state index < -0.39 is 32.4 Å². The van der Waals surface area contributed by atoms with E-state index in [2.05, 4.69) is 0 Å². The Labute approximate surface area is 266 Å². The maximum atomic E-state index is 14.0. The number of rotatable bonds is 12. The highest BCUT2D eigenvalue weighted by Gasteiger charge is 2.29. The number of para-hydroxylation sites is 1. The van der Waals surface area contributed by atoms with Crippen LogP contribution in [0.1, 0.15) is 19.8 Å². The molecule has 5 aromatic rings. The average Bonchev–Trinajstić information content (AvgIpc) is 3.31. The quantitative estimate of drug-likeness (QED) is 0.103. The second kappa shape index (κ2) is 13.2. The molecule has 5 rings (SSSR count). The summed E-state index contributed by atoms with van der Waals surface area (Å²) in [4.78, 5) is 12.9. The number of carbonyl (C=O) groups excluding carboxylic acids is 1. The van der Waals surface area contributed by atoms with Gasteiger partial charge in [-0.25, -0.2) is 16.8 Å². The molecular formula is C32H30Cl2N2O6S2. The molecule has 0 radical (unpaired) electrons. The molecule has 0 fully saturated rings. The average molecular weight is 674 g/mol. The molecule has 0 saturated carbocycles. The molecule has 0 amide bonds. The number of sulfone groups is 1. The smallest absolute Gasteiger partial charge is 0.326 e. The van der Waals surface area contributed by atoms with Gasteiger partial charge in [0.1, 0.15) is 6.54 Å². The number of halogens is 2. The fourth-order valence-electron chi connectivity index (χ4n) is 5.01. The van der Waals surface area contributed by atoms with Gasteiger partial charge in [0.05, 0.1) is 27.8 Å². The zero-order valence-electron chi connectivity index (χ0n) is 23.8. The Morgan fingerprint density at radius 3 is 2.16 bits per heavy atom. The molecule has 8 nitrogen and oxygen atoms in total. The van der Waals surface area contributed by atoms with Crippen molar-refractivity contribution in [2.24, 2.45) is 0 Å². The van der Waals surface area contributed by atoms with Gasteiger partial charge in [-0.1, -0.05) is 72.9 Å². The predicted molar refractivity (Wildman–Crippen MR) is 175 cm³/mol. The maximum absolute atomic E-state index is 14.0. The van der Waals surface area contributed by atoms with E-state index in [0.29, 0.717) is 17.3 Å². The molecule has 44 heavy (non-hydrogen) atoms. The largest absolute Gasteiger partial charge is 0.464 e. The first kappa shape index (κ1) is 31.8. The molecule has 0 N–H and O–H groups in total. The summed E-state index contributed by atoms with van der Waals surface area (Å²) in [6.07, 6.45) is 1.46. The third-order valence-corrected chi connectivity index (χ3v) is 11.1. The van der Waals surface area contributed by atoms with E-state index >= 15 is 0 Å². The van der Waals surface area contributed by atoms with Crippen molar-refractivity contribution >= 4 is 76.5 Å². The van der Waals surface area contributed by atoms with Crippen molar-refractivity contribution in [3.63, 3.8) is 0 Å². The van der Waals surface area contributed by atoms with Crippen LogP contribution in [-0.4, -0.2) is 46.3 Å². The van der Waals surface area contributed by atoms with E-state index in [0.717, 1.165) is 21.6 Å². The lowest BCUT2D eigenvalue weighted by Crippen LogP contribution is -2.36. The van der Waals surface area contributed by atoms with Crippen molar-refractivity contribution in [3.8, 4) is 0 Å². The monoisotopic (exact) mass is 672 g/mol. The lowest BCUT2D eigenvalue weighted by Gasteiger charge is -2.24. The number of aryl methyl sites for hydroxylation is 1. The molecule has 0 bridgehead atoms. The van der Waals surface area contributed by atoms with Gasteiger partial charge in [0, 0.05) is 38.4 Å². The zero-order chi connectivity index (χ0) is 31.5. The second-order valence-corrected chi connectivity index (χ2v) is 15.0. The molecule has 0 saturated heterocycles. The van der Waals surface area contributed by atoms with Gasteiger partial charge in [-0.05, 0) is 61.0 Å². The maximum Gasteiger partial charge on any atom is 0.326 e. The highest BCUT2D eigenvalue weighted by atomic mass is 35.5. The van der Waals surface area contributed by atoms with E-state index in [1.807, 2.05) is 35.8 Å². The van der Waals surface area contributed by atoms with Gasteiger partial charge >= 0.3 is 5.97 Å². The molecule has 0 aliphatic rings. The number of hydrogen-bond acceptors (Lipinski definition) is 6. The minimum atomic E-state index is -4.32. The summed E-state index contributed by atoms with van der Waals surface area (Å²) < 4.78 is 62.3. The summed E-state index contributed by atoms with van der Waals surface area (Å²) in [5, 5.41) is 1.75. The first-order chi connectivity index (χ1) is 21.0. The van der Waals surface area contributed by atoms with Crippen LogP contribution in [-0.2, 0) is 35.9 Å². The van der Waals surface area contributed by atoms with Crippen LogP contribution in [0.4, 0.5) is 5.69 Å². The van der Waals surface area contributed by atoms with E-state index in [1.54, 1.807) is 48.5 Å². The molecular weight excluding hydrogens is 643 g/mol. The molecule has 1 heterocycles. The van der Waals surface area contributed by atoms with Crippen molar-refractivity contribution in [1.82, 2.24) is 4.57 Å². The van der Waals surface area contributed by atoms with Crippen LogP contribution in [0.25, 0.3) is 21.8 Å². The molecule has 12 heteroatoms. The summed E-state index contributed by atoms with van der Waals surface area (Å²) >= 11 is 12.3. The SMILES string of the molecule is CCCCOC(=O)CN(c1ccc2c(c1)c1ccccc1n2CCS(=O)(=O)c1ccccc1)S(=O)(=O)c1cc(Cl)cc(Cl)c1. The zero-order valence-corrected chi connectivity index (χ0v) is 27.0. The molecule has 0 spiro atoms. The Morgan fingerprint density at radius 2 is 1.45 bits per heavy atom. The second-order valence-electron chi connectivity index (χ2n) is 10.2. The number of nitrogens with zero attached hydrogens (tertiary/aromatic N) is 2. The number of esters is 1. The van der Waals surface area contributed by atoms with Crippen LogP contribution in [0, 0.1) is 0 Å². The van der Waals surface area contributed by atoms with Crippen molar-refractivity contribution < 1.29 is 26.4 Å². The standard InChI is InChI=1S/C32H30Cl2N2O6S2/c1-2-3-16-42-32(37)22-36(44(40,41)27-19-23(33)18-24(34)20-27)25-13-14-31-29(21-25)28-11-7-8-12-30(28)35(31)15-17-43(38,39)26-9-5-4-6-10-26/h4-14,18-21H,2-3,15-17,22H2,1H3. The first-order valence-corrected chi connectivity index (χ1v) is 17.8. The number of aromatic nitrogens is 1. The van der Waals surface area contributed by atoms with Gasteiger partial charge in [-0.15, -0.1) is 0 Å². The highest BCUT2D eigenvalue weighted by molar-refractivity contribution is 7.93. The van der Waals surface area contributed by atoms with Crippen molar-refractivity contribution in [2.45, 2.75) is 36.1 Å². The minimum Gasteiger partial charge on any atom is -0.464 e. The Morgan fingerprint density at radius 1 is 0.795 bits per heavy atom. The van der Waals surface area contributed by atoms with Crippen LogP contribution >= 0.6 is 23.2 Å². The van der Waals surface area contributed by atoms with Crippen molar-refractivity contribution in [2.75, 3.05) is 23.2 Å². The van der Waals surface area contributed by atoms with Gasteiger partial charge in [-0.3, -0.25) is 9.10 Å². The van der Waals surface area contributed by atoms with Crippen molar-refractivity contribution in [3.05, 3.63) is 101 Å². The molecule has 230 valence electrons. The first-order valence-electron chi connectivity index (χ1n) is 13.9. The Balaban J connectivity index is 1.59. The summed E-state index contributed by atoms with van der Waals surface area (Å²) in [7, 11) is -7.88. The van der Waals surface area contributed by atoms with Crippen LogP contribution in [0.15, 0.2) is 101 Å². The van der Waals surface area contributed by atoms with Gasteiger partial charge in [0.2, 0.25) is 0 Å². The molecule has 1 aromatic heterocycles. The number of unbranched alkanes of at least 4 members (excludes halogenated alkanes) is 1. The number of fused-ring (bicyclic) bond motifs is 3. The topological polar surface area (TPSA) is 103 Å². The summed E-state index contributed by atoms with van der Waals surface area (Å²) in [6, 6.07) is 24.7. The molecule has 0 aliphatic heterocycles. The van der Waals surface area contributed by atoms with E-state index in [4.69, 9.17) is 27.9 Å². The molecule has 0 unspecified atom stereocenters. The lowest BCUT2D eigenvalue weighted by molar-refractivity contribution is -0.141. The van der Waals surface area contributed by atoms with Gasteiger partial charge in [0.15, 0.2) is 9.84 Å². The minimum absolute atomic E-state index is 0.130. The number of anilines is 1. The fraction of sp³-hybridized carbons (Fsp3) is 0.219. The van der Waals surface area contributed by atoms with Gasteiger partial charge in [0.25, 0.3) is 10.0 Å². The van der Waals surface area contributed by atoms with Crippen LogP contribution < -0.4 is 4.31 Å². The van der Waals surface area contributed by atoms with E-state index in [1.165, 1.54) is 18.2 Å². The number of sulfonamides is 1. The normalized spacial score (nSPS) is 12.1. The fourth-order valence-corrected chi connectivity index (χ4v) is 8.37. The summed E-state index contributed by atoms with van der Waals surface area (Å²) in [5.41, 5.74) is 1.73. The summed E-state index contributed by atoms with van der Waals surface area (Å²) in [5.74, 6) is -0.838. The van der Waals surface area contributed by atoms with Crippen molar-refractivity contribution in [1.29, 1.82) is 0 Å². The summed E-state index contributed by atoms with van der Waals surface area (Å²) in [6.45, 7) is 1.73. The van der Waals surface area contributed by atoms with E-state index in [-0.39, 0.29) is 44.4 Å². The lowest BCUT2D eigenvalue weighted by atomic mass is 10.1. The van der Waals surface area contributed by atoms with Crippen LogP contribution in [0.2, 0.25) is 10.0 Å². The Bertz CT molecular complexity index is 2030. The Hall–Kier alpha value is -3.57. The molecule has 0 atom stereocenters. The number of hydrogen-bond donors (Lipinski definition) is 0. The third-order valence-electron chi connectivity index (χ3n) is 7.19. The van der Waals surface area contributed by atoms with E-state index in [9.17, 15) is 21.6 Å².